The molecule has 0 saturated carbocycles. The third-order valence-electron chi connectivity index (χ3n) is 2.85. The average Bonchev–Trinajstić information content (AvgIpc) is 2.94. The van der Waals surface area contributed by atoms with Crippen LogP contribution in [0.1, 0.15) is 33.8 Å². The molecular weight excluding hydrogens is 289 g/mol. The van der Waals surface area contributed by atoms with Crippen molar-refractivity contribution in [2.45, 2.75) is 13.0 Å². The maximum Gasteiger partial charge on any atom is 0.252 e. The van der Waals surface area contributed by atoms with E-state index in [1.165, 1.54) is 23.5 Å². The van der Waals surface area contributed by atoms with Crippen LogP contribution in [0.15, 0.2) is 35.7 Å². The van der Waals surface area contributed by atoms with Gasteiger partial charge in [0.05, 0.1) is 16.5 Å². The van der Waals surface area contributed by atoms with E-state index in [-0.39, 0.29) is 24.4 Å². The third kappa shape index (κ3) is 4.15. The first-order chi connectivity index (χ1) is 10.1. The van der Waals surface area contributed by atoms with Gasteiger partial charge in [0.1, 0.15) is 12.4 Å². The van der Waals surface area contributed by atoms with E-state index in [1.54, 1.807) is 30.5 Å². The standard InChI is InChI=1S/C16H14FNO2S/c1-11(12-4-2-5-14(17)8-12)18-16(20)13-9-15(21-10-13)6-3-7-19/h2,4-5,8-11,19H,7H2,1H3,(H,18,20). The van der Waals surface area contributed by atoms with Crippen molar-refractivity contribution >= 4 is 17.2 Å². The Balaban J connectivity index is 2.05. The van der Waals surface area contributed by atoms with Gasteiger partial charge >= 0.3 is 0 Å². The van der Waals surface area contributed by atoms with Gasteiger partial charge in [0.15, 0.2) is 0 Å². The zero-order valence-electron chi connectivity index (χ0n) is 11.4. The molecule has 0 aliphatic heterocycles. The smallest absolute Gasteiger partial charge is 0.252 e. The van der Waals surface area contributed by atoms with E-state index in [4.69, 9.17) is 5.11 Å². The normalized spacial score (nSPS) is 11.4. The minimum atomic E-state index is -0.328. The fourth-order valence-electron chi connectivity index (χ4n) is 1.79. The minimum absolute atomic E-state index is 0.212. The van der Waals surface area contributed by atoms with E-state index in [1.807, 2.05) is 0 Å². The Morgan fingerprint density at radius 3 is 3.00 bits per heavy atom. The van der Waals surface area contributed by atoms with Crippen LogP contribution in [0.25, 0.3) is 0 Å². The van der Waals surface area contributed by atoms with Crippen LogP contribution in [-0.4, -0.2) is 17.6 Å². The van der Waals surface area contributed by atoms with Gasteiger partial charge in [0.2, 0.25) is 0 Å². The third-order valence-corrected chi connectivity index (χ3v) is 3.69. The summed E-state index contributed by atoms with van der Waals surface area (Å²) in [5, 5.41) is 13.1. The maximum atomic E-state index is 13.2. The monoisotopic (exact) mass is 303 g/mol. The molecular formula is C16H14FNO2S. The van der Waals surface area contributed by atoms with Gasteiger partial charge in [-0.05, 0) is 30.7 Å². The summed E-state index contributed by atoms with van der Waals surface area (Å²) in [6, 6.07) is 7.51. The molecule has 21 heavy (non-hydrogen) atoms. The van der Waals surface area contributed by atoms with Gasteiger partial charge in [-0.3, -0.25) is 4.79 Å². The molecule has 1 unspecified atom stereocenters. The summed E-state index contributed by atoms with van der Waals surface area (Å²) in [5.41, 5.74) is 1.21. The lowest BCUT2D eigenvalue weighted by molar-refractivity contribution is 0.0940. The number of nitrogens with one attached hydrogen (secondary N) is 1. The van der Waals surface area contributed by atoms with Gasteiger partial charge in [0.25, 0.3) is 5.91 Å². The number of carbonyl (C=O) groups is 1. The topological polar surface area (TPSA) is 49.3 Å². The fourth-order valence-corrected chi connectivity index (χ4v) is 2.54. The summed E-state index contributed by atoms with van der Waals surface area (Å²) in [5.74, 6) is 4.72. The van der Waals surface area contributed by atoms with Crippen molar-refractivity contribution in [3.05, 3.63) is 57.5 Å². The summed E-state index contributed by atoms with van der Waals surface area (Å²) in [7, 11) is 0. The van der Waals surface area contributed by atoms with Crippen LogP contribution in [0.5, 0.6) is 0 Å². The first kappa shape index (κ1) is 15.2. The van der Waals surface area contributed by atoms with Gasteiger partial charge < -0.3 is 10.4 Å². The van der Waals surface area contributed by atoms with E-state index >= 15 is 0 Å². The largest absolute Gasteiger partial charge is 0.384 e. The number of rotatable bonds is 3. The second-order valence-electron chi connectivity index (χ2n) is 4.41. The highest BCUT2D eigenvalue weighted by atomic mass is 32.1. The van der Waals surface area contributed by atoms with Gasteiger partial charge in [-0.15, -0.1) is 11.3 Å². The number of hydrogen-bond donors (Lipinski definition) is 2. The molecule has 108 valence electrons. The first-order valence-corrected chi connectivity index (χ1v) is 7.22. The molecule has 2 aromatic rings. The Labute approximate surface area is 126 Å². The van der Waals surface area contributed by atoms with Crippen molar-refractivity contribution in [2.24, 2.45) is 0 Å². The molecule has 0 fully saturated rings. The molecule has 0 bridgehead atoms. The Kier molecular flexibility index (Phi) is 5.09. The van der Waals surface area contributed by atoms with E-state index in [9.17, 15) is 9.18 Å². The second kappa shape index (κ2) is 7.02. The number of aliphatic hydroxyl groups is 1. The molecule has 2 N–H and O–H groups in total. The number of hydrogen-bond acceptors (Lipinski definition) is 3. The second-order valence-corrected chi connectivity index (χ2v) is 5.32. The van der Waals surface area contributed by atoms with E-state index in [2.05, 4.69) is 17.2 Å². The molecule has 2 rings (SSSR count). The van der Waals surface area contributed by atoms with Crippen LogP contribution in [0.2, 0.25) is 0 Å². The number of thiophene rings is 1. The van der Waals surface area contributed by atoms with Crippen molar-refractivity contribution in [3.63, 3.8) is 0 Å². The lowest BCUT2D eigenvalue weighted by atomic mass is 10.1. The van der Waals surface area contributed by atoms with Crippen LogP contribution in [0.4, 0.5) is 4.39 Å². The van der Waals surface area contributed by atoms with Gasteiger partial charge in [0, 0.05) is 5.38 Å². The van der Waals surface area contributed by atoms with Crippen LogP contribution in [0, 0.1) is 17.7 Å². The van der Waals surface area contributed by atoms with Gasteiger partial charge in [-0.2, -0.15) is 0 Å². The van der Waals surface area contributed by atoms with Crippen LogP contribution >= 0.6 is 11.3 Å². The van der Waals surface area contributed by atoms with Gasteiger partial charge in [-0.25, -0.2) is 4.39 Å². The number of carbonyl (C=O) groups excluding carboxylic acids is 1. The highest BCUT2D eigenvalue weighted by Crippen LogP contribution is 2.17. The van der Waals surface area contributed by atoms with Crippen molar-refractivity contribution in [1.82, 2.24) is 5.32 Å². The Morgan fingerprint density at radius 2 is 2.29 bits per heavy atom. The zero-order chi connectivity index (χ0) is 15.2. The highest BCUT2D eigenvalue weighted by Gasteiger charge is 2.13. The number of amides is 1. The Morgan fingerprint density at radius 1 is 1.48 bits per heavy atom. The van der Waals surface area contributed by atoms with E-state index in [0.29, 0.717) is 16.0 Å². The highest BCUT2D eigenvalue weighted by molar-refractivity contribution is 7.10. The number of benzene rings is 1. The molecule has 3 nitrogen and oxygen atoms in total. The quantitative estimate of drug-likeness (QED) is 0.857. The summed E-state index contributed by atoms with van der Waals surface area (Å²) in [6.45, 7) is 1.58. The molecule has 5 heteroatoms. The van der Waals surface area contributed by atoms with Crippen molar-refractivity contribution in [1.29, 1.82) is 0 Å². The Hall–Kier alpha value is -2.16. The first-order valence-electron chi connectivity index (χ1n) is 6.34. The molecule has 1 aromatic carbocycles. The number of aliphatic hydroxyl groups excluding tert-OH is 1. The summed E-state index contributed by atoms with van der Waals surface area (Å²) < 4.78 is 13.2. The minimum Gasteiger partial charge on any atom is -0.384 e. The lowest BCUT2D eigenvalue weighted by Crippen LogP contribution is -2.26. The molecule has 0 saturated heterocycles. The van der Waals surface area contributed by atoms with Crippen LogP contribution < -0.4 is 5.32 Å². The molecule has 0 aliphatic carbocycles. The molecule has 0 radical (unpaired) electrons. The predicted octanol–water partition coefficient (Wildman–Crippen LogP) is 2.72. The van der Waals surface area contributed by atoms with Crippen LogP contribution in [0.3, 0.4) is 0 Å². The summed E-state index contributed by atoms with van der Waals surface area (Å²) >= 11 is 1.34. The summed E-state index contributed by atoms with van der Waals surface area (Å²) in [4.78, 5) is 12.8. The maximum absolute atomic E-state index is 13.2. The molecule has 1 aromatic heterocycles. The molecule has 0 aliphatic rings. The van der Waals surface area contributed by atoms with Crippen molar-refractivity contribution in [2.75, 3.05) is 6.61 Å². The molecule has 1 amide bonds. The SMILES string of the molecule is CC(NC(=O)c1csc(C#CCO)c1)c1cccc(F)c1. The summed E-state index contributed by atoms with van der Waals surface area (Å²) in [6.07, 6.45) is 0. The number of halogens is 1. The van der Waals surface area contributed by atoms with Gasteiger partial charge in [-0.1, -0.05) is 24.0 Å². The molecule has 1 heterocycles. The zero-order valence-corrected chi connectivity index (χ0v) is 12.2. The van der Waals surface area contributed by atoms with Crippen molar-refractivity contribution in [3.8, 4) is 11.8 Å². The van der Waals surface area contributed by atoms with Crippen molar-refractivity contribution < 1.29 is 14.3 Å². The van der Waals surface area contributed by atoms with E-state index in [0.717, 1.165) is 0 Å². The van der Waals surface area contributed by atoms with Crippen LogP contribution in [-0.2, 0) is 0 Å². The van der Waals surface area contributed by atoms with E-state index < -0.39 is 0 Å². The average molecular weight is 303 g/mol. The molecule has 1 atom stereocenters. The molecule has 0 spiro atoms. The predicted molar refractivity (Wildman–Crippen MR) is 80.6 cm³/mol. The lowest BCUT2D eigenvalue weighted by Gasteiger charge is -2.13. The Bertz CT molecular complexity index is 700. The fraction of sp³-hybridized carbons (Fsp3) is 0.188.